The third-order valence-electron chi connectivity index (χ3n) is 1.31. The van der Waals surface area contributed by atoms with Crippen LogP contribution >= 0.6 is 0 Å². The smallest absolute Gasteiger partial charge is 0.313 e. The number of anilines is 1. The summed E-state index contributed by atoms with van der Waals surface area (Å²) in [6.07, 6.45) is -1.35. The molecule has 0 unspecified atom stereocenters. The molecule has 1 heterocycles. The first-order chi connectivity index (χ1) is 6.58. The van der Waals surface area contributed by atoms with Crippen molar-refractivity contribution in [3.05, 3.63) is 18.1 Å². The monoisotopic (exact) mass is 203 g/mol. The number of carboxylic acids is 1. The summed E-state index contributed by atoms with van der Waals surface area (Å²) in [7, 11) is 0. The fourth-order valence-electron chi connectivity index (χ4n) is 0.778. The lowest BCUT2D eigenvalue weighted by Crippen LogP contribution is -2.10. The number of aromatic nitrogens is 2. The summed E-state index contributed by atoms with van der Waals surface area (Å²) in [5, 5.41) is 10.7. The molecule has 0 atom stereocenters. The van der Waals surface area contributed by atoms with Gasteiger partial charge in [0.05, 0.1) is 6.42 Å². The van der Waals surface area contributed by atoms with Crippen LogP contribution in [0.25, 0.3) is 0 Å². The number of hydrogen-bond acceptors (Lipinski definition) is 4. The highest BCUT2D eigenvalue weighted by Crippen LogP contribution is 2.04. The molecule has 7 heteroatoms. The van der Waals surface area contributed by atoms with E-state index in [1.807, 2.05) is 0 Å². The molecule has 0 spiro atoms. The van der Waals surface area contributed by atoms with E-state index >= 15 is 0 Å². The van der Waals surface area contributed by atoms with Crippen molar-refractivity contribution in [2.45, 2.75) is 6.42 Å². The van der Waals surface area contributed by atoms with E-state index in [9.17, 15) is 13.6 Å². The van der Waals surface area contributed by atoms with Crippen LogP contribution in [0.15, 0.2) is 6.07 Å². The van der Waals surface area contributed by atoms with Crippen LogP contribution < -0.4 is 5.32 Å². The Morgan fingerprint density at radius 1 is 1.50 bits per heavy atom. The van der Waals surface area contributed by atoms with Crippen LogP contribution in [0, 0.1) is 12.0 Å². The van der Waals surface area contributed by atoms with Crippen LogP contribution in [0.4, 0.5) is 14.6 Å². The van der Waals surface area contributed by atoms with Gasteiger partial charge in [-0.25, -0.2) is 0 Å². The summed E-state index contributed by atoms with van der Waals surface area (Å²) < 4.78 is 24.9. The maximum absolute atomic E-state index is 12.5. The van der Waals surface area contributed by atoms with Crippen molar-refractivity contribution in [3.8, 4) is 0 Å². The van der Waals surface area contributed by atoms with Crippen LogP contribution in [0.1, 0.15) is 6.42 Å². The van der Waals surface area contributed by atoms with E-state index in [4.69, 9.17) is 5.11 Å². The van der Waals surface area contributed by atoms with Crippen LogP contribution in [0.3, 0.4) is 0 Å². The summed E-state index contributed by atoms with van der Waals surface area (Å²) in [4.78, 5) is 16.1. The van der Waals surface area contributed by atoms with Crippen molar-refractivity contribution in [2.75, 3.05) is 11.9 Å². The molecule has 2 N–H and O–H groups in total. The zero-order valence-corrected chi connectivity index (χ0v) is 7.00. The Kier molecular flexibility index (Phi) is 3.27. The lowest BCUT2D eigenvalue weighted by atomic mass is 10.4. The van der Waals surface area contributed by atoms with Gasteiger partial charge in [-0.3, -0.25) is 4.79 Å². The van der Waals surface area contributed by atoms with Gasteiger partial charge in [0.2, 0.25) is 5.95 Å². The maximum Gasteiger partial charge on any atom is 0.313 e. The maximum atomic E-state index is 12.5. The van der Waals surface area contributed by atoms with Gasteiger partial charge in [-0.05, 0) is 0 Å². The molecule has 0 bridgehead atoms. The minimum Gasteiger partial charge on any atom is -0.481 e. The predicted molar refractivity (Wildman–Crippen MR) is 42.7 cm³/mol. The number of halogens is 2. The summed E-state index contributed by atoms with van der Waals surface area (Å²) in [5.74, 6) is -2.08. The minimum absolute atomic E-state index is 0.0469. The van der Waals surface area contributed by atoms with Gasteiger partial charge in [-0.2, -0.15) is 18.7 Å². The topological polar surface area (TPSA) is 75.1 Å². The highest BCUT2D eigenvalue weighted by atomic mass is 19.1. The first-order valence-electron chi connectivity index (χ1n) is 3.73. The standard InChI is InChI=1S/C7H7F2N3O2/c8-4-3-5(12-7(9)11-4)10-2-1-6(13)14/h3H,1-2H2,(H,13,14)(H,10,11,12). The third-order valence-corrected chi connectivity index (χ3v) is 1.31. The molecule has 0 saturated carbocycles. The van der Waals surface area contributed by atoms with Crippen molar-refractivity contribution in [2.24, 2.45) is 0 Å². The zero-order valence-electron chi connectivity index (χ0n) is 7.00. The molecular weight excluding hydrogens is 196 g/mol. The SMILES string of the molecule is O=C(O)CCNc1cc(F)nc(F)n1. The van der Waals surface area contributed by atoms with Gasteiger partial charge in [0, 0.05) is 12.6 Å². The lowest BCUT2D eigenvalue weighted by Gasteiger charge is -2.02. The Labute approximate surface area is 77.8 Å². The van der Waals surface area contributed by atoms with Crippen LogP contribution in [-0.2, 0) is 4.79 Å². The van der Waals surface area contributed by atoms with E-state index in [0.717, 1.165) is 6.07 Å². The molecule has 1 aromatic heterocycles. The molecule has 0 fully saturated rings. The fraction of sp³-hybridized carbons (Fsp3) is 0.286. The molecule has 5 nitrogen and oxygen atoms in total. The van der Waals surface area contributed by atoms with Gasteiger partial charge in [0.1, 0.15) is 5.82 Å². The minimum atomic E-state index is -1.19. The van der Waals surface area contributed by atoms with E-state index in [0.29, 0.717) is 0 Å². The average molecular weight is 203 g/mol. The van der Waals surface area contributed by atoms with Gasteiger partial charge in [-0.1, -0.05) is 0 Å². The molecule has 0 amide bonds. The molecule has 1 aromatic rings. The van der Waals surface area contributed by atoms with Gasteiger partial charge in [0.15, 0.2) is 0 Å². The van der Waals surface area contributed by atoms with Crippen molar-refractivity contribution >= 4 is 11.8 Å². The van der Waals surface area contributed by atoms with Crippen LogP contribution in [0.2, 0.25) is 0 Å². The molecule has 0 aliphatic heterocycles. The number of rotatable bonds is 4. The summed E-state index contributed by atoms with van der Waals surface area (Å²) in [6, 6.07) is 0.880. The van der Waals surface area contributed by atoms with E-state index in [-0.39, 0.29) is 18.8 Å². The summed E-state index contributed by atoms with van der Waals surface area (Å²) in [6.45, 7) is 0.0469. The molecule has 0 radical (unpaired) electrons. The van der Waals surface area contributed by atoms with Gasteiger partial charge >= 0.3 is 12.0 Å². The van der Waals surface area contributed by atoms with E-state index in [1.165, 1.54) is 0 Å². The molecule has 0 saturated heterocycles. The average Bonchev–Trinajstić information content (AvgIpc) is 2.01. The Balaban J connectivity index is 2.54. The molecule has 0 aliphatic carbocycles. The Bertz CT molecular complexity index is 325. The summed E-state index contributed by atoms with van der Waals surface area (Å²) in [5.41, 5.74) is 0. The molecule has 0 aliphatic rings. The number of carbonyl (C=O) groups is 1. The first kappa shape index (κ1) is 10.3. The third kappa shape index (κ3) is 3.30. The Morgan fingerprint density at radius 3 is 2.79 bits per heavy atom. The summed E-state index contributed by atoms with van der Waals surface area (Å²) >= 11 is 0. The second-order valence-electron chi connectivity index (χ2n) is 2.42. The molecule has 1 rings (SSSR count). The van der Waals surface area contributed by atoms with Gasteiger partial charge < -0.3 is 10.4 Å². The van der Waals surface area contributed by atoms with Gasteiger partial charge in [-0.15, -0.1) is 0 Å². The number of hydrogen-bond donors (Lipinski definition) is 2. The number of nitrogens with one attached hydrogen (secondary N) is 1. The number of aliphatic carboxylic acids is 1. The van der Waals surface area contributed by atoms with E-state index in [2.05, 4.69) is 15.3 Å². The highest BCUT2D eigenvalue weighted by molar-refractivity contribution is 5.67. The largest absolute Gasteiger partial charge is 0.481 e. The second kappa shape index (κ2) is 4.45. The van der Waals surface area contributed by atoms with Crippen molar-refractivity contribution in [1.82, 2.24) is 9.97 Å². The second-order valence-corrected chi connectivity index (χ2v) is 2.42. The van der Waals surface area contributed by atoms with E-state index in [1.54, 1.807) is 0 Å². The van der Waals surface area contributed by atoms with Crippen molar-refractivity contribution in [1.29, 1.82) is 0 Å². The molecule has 14 heavy (non-hydrogen) atoms. The first-order valence-corrected chi connectivity index (χ1v) is 3.73. The fourth-order valence-corrected chi connectivity index (χ4v) is 0.778. The quantitative estimate of drug-likeness (QED) is 0.554. The highest BCUT2D eigenvalue weighted by Gasteiger charge is 2.03. The van der Waals surface area contributed by atoms with E-state index < -0.39 is 18.0 Å². The molecular formula is C7H7F2N3O2. The van der Waals surface area contributed by atoms with Crippen molar-refractivity contribution < 1.29 is 18.7 Å². The normalized spacial score (nSPS) is 9.86. The number of carboxylic acid groups (broad SMARTS) is 1. The zero-order chi connectivity index (χ0) is 10.6. The number of nitrogens with zero attached hydrogens (tertiary/aromatic N) is 2. The van der Waals surface area contributed by atoms with Gasteiger partial charge in [0.25, 0.3) is 0 Å². The van der Waals surface area contributed by atoms with Crippen molar-refractivity contribution in [3.63, 3.8) is 0 Å². The predicted octanol–water partition coefficient (Wildman–Crippen LogP) is 0.641. The molecule has 76 valence electrons. The molecule has 0 aromatic carbocycles. The van der Waals surface area contributed by atoms with Crippen LogP contribution in [-0.4, -0.2) is 27.6 Å². The Morgan fingerprint density at radius 2 is 2.21 bits per heavy atom. The lowest BCUT2D eigenvalue weighted by molar-refractivity contribution is -0.136. The van der Waals surface area contributed by atoms with Crippen LogP contribution in [0.5, 0.6) is 0 Å². The Hall–Kier alpha value is -1.79.